The SMILES string of the molecule is COc1cc2c(cc1OC)C(c1ccc(OCc3ccccc3)c(OC)c1)C(COC1OCC(OCc3ccccc3)C(OCc3ccccc3)C1OCc1ccccc1)C(COCc1ccccc1)C2. The highest BCUT2D eigenvalue weighted by atomic mass is 16.7. The first-order valence-electron chi connectivity index (χ1n) is 24.5. The third-order valence-corrected chi connectivity index (χ3v) is 13.4. The fraction of sp³-hybridized carbons (Fsp3) is 0.311. The van der Waals surface area contributed by atoms with Crippen molar-refractivity contribution >= 4 is 0 Å². The number of methoxy groups -OCH3 is 3. The molecule has 7 aromatic rings. The summed E-state index contributed by atoms with van der Waals surface area (Å²) >= 11 is 0. The Labute approximate surface area is 418 Å². The zero-order chi connectivity index (χ0) is 48.6. The van der Waals surface area contributed by atoms with Gasteiger partial charge in [0.05, 0.1) is 67.6 Å². The van der Waals surface area contributed by atoms with Gasteiger partial charge in [0, 0.05) is 5.92 Å². The summed E-state index contributed by atoms with van der Waals surface area (Å²) in [5.74, 6) is 2.26. The van der Waals surface area contributed by atoms with Crippen molar-refractivity contribution in [2.24, 2.45) is 11.8 Å². The summed E-state index contributed by atoms with van der Waals surface area (Å²) in [5.41, 5.74) is 8.57. The zero-order valence-electron chi connectivity index (χ0n) is 40.8. The van der Waals surface area contributed by atoms with Gasteiger partial charge in [-0.15, -0.1) is 0 Å². The Hall–Kier alpha value is -6.50. The predicted molar refractivity (Wildman–Crippen MR) is 273 cm³/mol. The van der Waals surface area contributed by atoms with E-state index in [4.69, 9.17) is 47.4 Å². The molecule has 1 aliphatic heterocycles. The van der Waals surface area contributed by atoms with E-state index in [1.165, 1.54) is 0 Å². The second kappa shape index (κ2) is 25.1. The molecule has 0 N–H and O–H groups in total. The number of hydrogen-bond donors (Lipinski definition) is 0. The summed E-state index contributed by atoms with van der Waals surface area (Å²) in [6.07, 6.45) is -1.76. The number of ether oxygens (including phenoxy) is 10. The van der Waals surface area contributed by atoms with Crippen molar-refractivity contribution in [1.82, 2.24) is 0 Å². The summed E-state index contributed by atoms with van der Waals surface area (Å²) < 4.78 is 65.4. The van der Waals surface area contributed by atoms with Crippen LogP contribution in [0.5, 0.6) is 23.0 Å². The molecule has 0 saturated carbocycles. The molecule has 0 bridgehead atoms. The number of rotatable bonds is 23. The van der Waals surface area contributed by atoms with Crippen LogP contribution in [-0.2, 0) is 67.9 Å². The van der Waals surface area contributed by atoms with Crippen molar-refractivity contribution in [2.75, 3.05) is 41.2 Å². The molecular weight excluding hydrogens is 893 g/mol. The number of hydrogen-bond acceptors (Lipinski definition) is 10. The standard InChI is InChI=1S/C61H64O10/c1-62-54-32-48(29-30-53(54)66-36-44-21-11-5-12-22-44)58-51-34-56(64-3)55(63-2)33-49(51)31-50(40-65-35-43-19-9-4-10-20-43)52(58)41-70-61-60(69-39-47-27-17-8-18-28-47)59(68-38-46-25-15-7-16-26-46)57(42-71-61)67-37-45-23-13-6-14-24-45/h4-30,32-34,50,52,57-61H,31,35-42H2,1-3H3. The molecule has 10 nitrogen and oxygen atoms in total. The van der Waals surface area contributed by atoms with Gasteiger partial charge in [0.25, 0.3) is 0 Å². The van der Waals surface area contributed by atoms with Crippen LogP contribution in [0.3, 0.4) is 0 Å². The van der Waals surface area contributed by atoms with Crippen LogP contribution in [-0.4, -0.2) is 65.8 Å². The van der Waals surface area contributed by atoms with Gasteiger partial charge < -0.3 is 47.4 Å². The second-order valence-corrected chi connectivity index (χ2v) is 18.1. The Morgan fingerprint density at radius 3 is 1.51 bits per heavy atom. The lowest BCUT2D eigenvalue weighted by Crippen LogP contribution is -2.57. The Balaban J connectivity index is 1.07. The molecular formula is C61H64O10. The Bertz CT molecular complexity index is 2670. The first-order valence-corrected chi connectivity index (χ1v) is 24.5. The molecule has 7 unspecified atom stereocenters. The molecule has 0 radical (unpaired) electrons. The highest BCUT2D eigenvalue weighted by Gasteiger charge is 2.46. The lowest BCUT2D eigenvalue weighted by Gasteiger charge is -2.44. The summed E-state index contributed by atoms with van der Waals surface area (Å²) in [7, 11) is 5.03. The van der Waals surface area contributed by atoms with Gasteiger partial charge in [0.15, 0.2) is 29.3 Å². The van der Waals surface area contributed by atoms with Gasteiger partial charge in [-0.2, -0.15) is 0 Å². The van der Waals surface area contributed by atoms with Crippen LogP contribution in [0.25, 0.3) is 0 Å². The van der Waals surface area contributed by atoms with Crippen molar-refractivity contribution in [3.05, 3.63) is 226 Å². The molecule has 2 aliphatic rings. The van der Waals surface area contributed by atoms with Crippen molar-refractivity contribution in [2.45, 2.75) is 70.0 Å². The highest BCUT2D eigenvalue weighted by Crippen LogP contribution is 2.49. The summed E-state index contributed by atoms with van der Waals surface area (Å²) in [6.45, 7) is 2.95. The molecule has 7 aromatic carbocycles. The topological polar surface area (TPSA) is 92.3 Å². The third kappa shape index (κ3) is 12.9. The Morgan fingerprint density at radius 1 is 0.451 bits per heavy atom. The molecule has 0 amide bonds. The number of fused-ring (bicyclic) bond motifs is 1. The quantitative estimate of drug-likeness (QED) is 0.0617. The van der Waals surface area contributed by atoms with Crippen LogP contribution >= 0.6 is 0 Å². The van der Waals surface area contributed by atoms with E-state index >= 15 is 0 Å². The maximum absolute atomic E-state index is 7.20. The van der Waals surface area contributed by atoms with Gasteiger partial charge in [-0.25, -0.2) is 0 Å². The molecule has 1 saturated heterocycles. The smallest absolute Gasteiger partial charge is 0.186 e. The van der Waals surface area contributed by atoms with Crippen molar-refractivity contribution in [1.29, 1.82) is 0 Å². The fourth-order valence-corrected chi connectivity index (χ4v) is 9.74. The normalized spacial score (nSPS) is 20.7. The third-order valence-electron chi connectivity index (χ3n) is 13.4. The monoisotopic (exact) mass is 956 g/mol. The molecule has 71 heavy (non-hydrogen) atoms. The van der Waals surface area contributed by atoms with E-state index in [-0.39, 0.29) is 24.4 Å². The van der Waals surface area contributed by atoms with E-state index in [0.29, 0.717) is 75.7 Å². The van der Waals surface area contributed by atoms with E-state index in [2.05, 4.69) is 84.9 Å². The van der Waals surface area contributed by atoms with Crippen LogP contribution in [0.4, 0.5) is 0 Å². The molecule has 7 atom stereocenters. The summed E-state index contributed by atoms with van der Waals surface area (Å²) in [4.78, 5) is 0. The number of benzene rings is 7. The van der Waals surface area contributed by atoms with Gasteiger partial charge in [-0.3, -0.25) is 0 Å². The molecule has 0 spiro atoms. The molecule has 368 valence electrons. The van der Waals surface area contributed by atoms with Crippen LogP contribution in [0, 0.1) is 11.8 Å². The maximum Gasteiger partial charge on any atom is 0.186 e. The second-order valence-electron chi connectivity index (χ2n) is 18.1. The van der Waals surface area contributed by atoms with Gasteiger partial charge in [-0.05, 0) is 87.0 Å². The summed E-state index contributed by atoms with van der Waals surface area (Å²) in [5, 5.41) is 0. The lowest BCUT2D eigenvalue weighted by atomic mass is 9.66. The van der Waals surface area contributed by atoms with Crippen LogP contribution in [0.2, 0.25) is 0 Å². The largest absolute Gasteiger partial charge is 0.493 e. The lowest BCUT2D eigenvalue weighted by molar-refractivity contribution is -0.302. The molecule has 1 heterocycles. The fourth-order valence-electron chi connectivity index (χ4n) is 9.74. The van der Waals surface area contributed by atoms with Crippen molar-refractivity contribution in [3.63, 3.8) is 0 Å². The molecule has 1 aliphatic carbocycles. The van der Waals surface area contributed by atoms with Crippen molar-refractivity contribution in [3.8, 4) is 23.0 Å². The predicted octanol–water partition coefficient (Wildman–Crippen LogP) is 11.6. The highest BCUT2D eigenvalue weighted by molar-refractivity contribution is 5.54. The molecule has 1 fully saturated rings. The van der Waals surface area contributed by atoms with Gasteiger partial charge in [0.2, 0.25) is 0 Å². The maximum atomic E-state index is 7.20. The van der Waals surface area contributed by atoms with Crippen LogP contribution in [0.1, 0.15) is 50.4 Å². The Morgan fingerprint density at radius 2 is 0.944 bits per heavy atom. The minimum Gasteiger partial charge on any atom is -0.493 e. The molecule has 10 heteroatoms. The minimum atomic E-state index is -0.808. The van der Waals surface area contributed by atoms with Crippen LogP contribution < -0.4 is 18.9 Å². The van der Waals surface area contributed by atoms with Gasteiger partial charge in [-0.1, -0.05) is 158 Å². The van der Waals surface area contributed by atoms with Gasteiger partial charge >= 0.3 is 0 Å². The summed E-state index contributed by atoms with van der Waals surface area (Å²) in [6, 6.07) is 61.4. The van der Waals surface area contributed by atoms with Crippen LogP contribution in [0.15, 0.2) is 182 Å². The Kier molecular flexibility index (Phi) is 17.5. The average Bonchev–Trinajstić information content (AvgIpc) is 3.43. The minimum absolute atomic E-state index is 0.00586. The molecule has 9 rings (SSSR count). The van der Waals surface area contributed by atoms with E-state index in [0.717, 1.165) is 44.5 Å². The first kappa shape index (κ1) is 49.5. The average molecular weight is 957 g/mol. The van der Waals surface area contributed by atoms with E-state index in [9.17, 15) is 0 Å². The first-order chi connectivity index (χ1) is 35.1. The zero-order valence-corrected chi connectivity index (χ0v) is 40.8. The van der Waals surface area contributed by atoms with E-state index < -0.39 is 24.6 Å². The molecule has 0 aromatic heterocycles. The van der Waals surface area contributed by atoms with Crippen molar-refractivity contribution < 1.29 is 47.4 Å². The van der Waals surface area contributed by atoms with Gasteiger partial charge in [0.1, 0.15) is 24.9 Å². The van der Waals surface area contributed by atoms with E-state index in [1.807, 2.05) is 97.1 Å². The van der Waals surface area contributed by atoms with E-state index in [1.54, 1.807) is 21.3 Å².